The first-order valence-corrected chi connectivity index (χ1v) is 6.38. The fourth-order valence-corrected chi connectivity index (χ4v) is 2.57. The Bertz CT molecular complexity index is 330. The van der Waals surface area contributed by atoms with Crippen LogP contribution in [0.2, 0.25) is 0 Å². The van der Waals surface area contributed by atoms with Crippen molar-refractivity contribution in [3.05, 3.63) is 35.4 Å². The number of alkyl halides is 2. The molecule has 1 N–H and O–H groups in total. The number of nitrogens with one attached hydrogen (secondary N) is 1. The average molecular weight is 319 g/mol. The van der Waals surface area contributed by atoms with Crippen LogP contribution in [0.5, 0.6) is 0 Å². The maximum Gasteiger partial charge on any atom is 0.128 e. The van der Waals surface area contributed by atoms with Gasteiger partial charge in [0.25, 0.3) is 0 Å². The molecule has 1 aliphatic carbocycles. The van der Waals surface area contributed by atoms with E-state index in [-0.39, 0.29) is 3.36 Å². The first-order chi connectivity index (χ1) is 6.56. The molecule has 1 aromatic carbocycles. The second-order valence-electron chi connectivity index (χ2n) is 3.82. The molecule has 14 heavy (non-hydrogen) atoms. The fraction of sp³-hybridized carbons (Fsp3) is 0.455. The summed E-state index contributed by atoms with van der Waals surface area (Å²) in [6, 6.07) is 9.12. The highest BCUT2D eigenvalue weighted by Gasteiger charge is 2.26. The normalized spacial score (nSPS) is 20.9. The van der Waals surface area contributed by atoms with Gasteiger partial charge >= 0.3 is 0 Å². The molecule has 0 bridgehead atoms. The number of rotatable bonds is 2. The van der Waals surface area contributed by atoms with E-state index in [0.29, 0.717) is 6.04 Å². The van der Waals surface area contributed by atoms with Gasteiger partial charge < -0.3 is 0 Å². The summed E-state index contributed by atoms with van der Waals surface area (Å²) in [6.45, 7) is 2.06. The number of hydrogen-bond donors (Lipinski definition) is 1. The summed E-state index contributed by atoms with van der Waals surface area (Å²) in [4.78, 5) is 0. The van der Waals surface area contributed by atoms with Gasteiger partial charge in [0.15, 0.2) is 0 Å². The highest BCUT2D eigenvalue weighted by molar-refractivity contribution is 9.25. The SMILES string of the molecule is CC(Br)(Br)NC1CCc2ccccc21. The Hall–Kier alpha value is 0.140. The summed E-state index contributed by atoms with van der Waals surface area (Å²) in [6.07, 6.45) is 2.37. The number of aryl methyl sites for hydroxylation is 1. The van der Waals surface area contributed by atoms with Crippen LogP contribution in [0.4, 0.5) is 0 Å². The molecule has 0 saturated heterocycles. The second kappa shape index (κ2) is 3.95. The molecule has 76 valence electrons. The minimum absolute atomic E-state index is 0.165. The van der Waals surface area contributed by atoms with Gasteiger partial charge in [-0.05, 0) is 30.9 Å². The Balaban J connectivity index is 2.18. The highest BCUT2D eigenvalue weighted by Crippen LogP contribution is 2.35. The van der Waals surface area contributed by atoms with Crippen molar-refractivity contribution in [3.8, 4) is 0 Å². The number of halogens is 2. The minimum atomic E-state index is -0.165. The third-order valence-electron chi connectivity index (χ3n) is 2.56. The molecule has 0 fully saturated rings. The number of benzene rings is 1. The molecule has 0 aromatic heterocycles. The van der Waals surface area contributed by atoms with Crippen LogP contribution >= 0.6 is 31.9 Å². The molecule has 0 heterocycles. The van der Waals surface area contributed by atoms with Crippen molar-refractivity contribution in [3.63, 3.8) is 0 Å². The topological polar surface area (TPSA) is 12.0 Å². The molecule has 2 rings (SSSR count). The summed E-state index contributed by atoms with van der Waals surface area (Å²) in [5.41, 5.74) is 2.92. The molecule has 1 aliphatic rings. The van der Waals surface area contributed by atoms with Gasteiger partial charge in [0.05, 0.1) is 0 Å². The Morgan fingerprint density at radius 1 is 1.36 bits per heavy atom. The maximum atomic E-state index is 3.55. The van der Waals surface area contributed by atoms with Crippen LogP contribution in [0.25, 0.3) is 0 Å². The van der Waals surface area contributed by atoms with Gasteiger partial charge in [-0.3, -0.25) is 5.32 Å². The lowest BCUT2D eigenvalue weighted by Gasteiger charge is -2.22. The zero-order chi connectivity index (χ0) is 10.2. The molecule has 1 nitrogen and oxygen atoms in total. The average Bonchev–Trinajstić information content (AvgIpc) is 2.47. The second-order valence-corrected chi connectivity index (χ2v) is 8.06. The van der Waals surface area contributed by atoms with Gasteiger partial charge in [0.2, 0.25) is 0 Å². The first kappa shape index (κ1) is 10.7. The summed E-state index contributed by atoms with van der Waals surface area (Å²) in [5, 5.41) is 3.51. The molecule has 3 heteroatoms. The van der Waals surface area contributed by atoms with E-state index in [2.05, 4.69) is 68.4 Å². The lowest BCUT2D eigenvalue weighted by Crippen LogP contribution is -2.32. The fourth-order valence-electron chi connectivity index (χ4n) is 2.01. The van der Waals surface area contributed by atoms with Gasteiger partial charge in [-0.25, -0.2) is 0 Å². The Labute approximate surface area is 102 Å². The van der Waals surface area contributed by atoms with E-state index < -0.39 is 0 Å². The molecule has 0 saturated carbocycles. The van der Waals surface area contributed by atoms with Crippen molar-refractivity contribution in [2.45, 2.75) is 29.2 Å². The minimum Gasteiger partial charge on any atom is -0.287 e. The van der Waals surface area contributed by atoms with Crippen LogP contribution in [-0.4, -0.2) is 3.36 Å². The van der Waals surface area contributed by atoms with Gasteiger partial charge in [0.1, 0.15) is 3.36 Å². The van der Waals surface area contributed by atoms with Crippen LogP contribution in [0.1, 0.15) is 30.5 Å². The third-order valence-corrected chi connectivity index (χ3v) is 3.02. The van der Waals surface area contributed by atoms with Gasteiger partial charge in [0, 0.05) is 6.04 Å². The van der Waals surface area contributed by atoms with Crippen LogP contribution < -0.4 is 5.32 Å². The summed E-state index contributed by atoms with van der Waals surface area (Å²) in [5.74, 6) is 0. The molecule has 1 unspecified atom stereocenters. The van der Waals surface area contributed by atoms with Gasteiger partial charge in [-0.15, -0.1) is 0 Å². The quantitative estimate of drug-likeness (QED) is 0.647. The smallest absolute Gasteiger partial charge is 0.128 e. The van der Waals surface area contributed by atoms with Crippen LogP contribution in [0, 0.1) is 0 Å². The first-order valence-electron chi connectivity index (χ1n) is 4.79. The summed E-state index contributed by atoms with van der Waals surface area (Å²) >= 11 is 7.09. The van der Waals surface area contributed by atoms with Crippen LogP contribution in [0.3, 0.4) is 0 Å². The standard InChI is InChI=1S/C11H13Br2N/c1-11(12,13)14-10-7-6-8-4-2-3-5-9(8)10/h2-5,10,14H,6-7H2,1H3. The number of hydrogen-bond acceptors (Lipinski definition) is 1. The Kier molecular flexibility index (Phi) is 3.01. The monoisotopic (exact) mass is 317 g/mol. The Morgan fingerprint density at radius 3 is 2.79 bits per heavy atom. The van der Waals surface area contributed by atoms with Gasteiger partial charge in [-0.2, -0.15) is 0 Å². The van der Waals surface area contributed by atoms with Gasteiger partial charge in [-0.1, -0.05) is 56.1 Å². The van der Waals surface area contributed by atoms with E-state index in [4.69, 9.17) is 0 Å². The van der Waals surface area contributed by atoms with E-state index in [0.717, 1.165) is 0 Å². The summed E-state index contributed by atoms with van der Waals surface area (Å²) in [7, 11) is 0. The molecular formula is C11H13Br2N. The van der Waals surface area contributed by atoms with Crippen molar-refractivity contribution in [1.29, 1.82) is 0 Å². The molecular weight excluding hydrogens is 306 g/mol. The Morgan fingerprint density at radius 2 is 2.07 bits per heavy atom. The lowest BCUT2D eigenvalue weighted by atomic mass is 10.1. The van der Waals surface area contributed by atoms with Crippen molar-refractivity contribution >= 4 is 31.9 Å². The maximum absolute atomic E-state index is 3.55. The molecule has 1 atom stereocenters. The van der Waals surface area contributed by atoms with E-state index in [1.807, 2.05) is 0 Å². The predicted molar refractivity (Wildman–Crippen MR) is 66.9 cm³/mol. The zero-order valence-electron chi connectivity index (χ0n) is 8.06. The van der Waals surface area contributed by atoms with Crippen molar-refractivity contribution in [1.82, 2.24) is 5.32 Å². The zero-order valence-corrected chi connectivity index (χ0v) is 11.2. The van der Waals surface area contributed by atoms with E-state index in [1.165, 1.54) is 24.0 Å². The molecule has 0 radical (unpaired) electrons. The molecule has 0 amide bonds. The predicted octanol–water partition coefficient (Wildman–Crippen LogP) is 3.73. The van der Waals surface area contributed by atoms with Crippen molar-refractivity contribution < 1.29 is 0 Å². The summed E-state index contributed by atoms with van der Waals surface area (Å²) < 4.78 is -0.165. The van der Waals surface area contributed by atoms with Crippen LogP contribution in [0.15, 0.2) is 24.3 Å². The third kappa shape index (κ3) is 2.38. The lowest BCUT2D eigenvalue weighted by molar-refractivity contribution is 0.518. The van der Waals surface area contributed by atoms with Crippen molar-refractivity contribution in [2.24, 2.45) is 0 Å². The van der Waals surface area contributed by atoms with Crippen LogP contribution in [-0.2, 0) is 6.42 Å². The van der Waals surface area contributed by atoms with E-state index >= 15 is 0 Å². The number of fused-ring (bicyclic) bond motifs is 1. The largest absolute Gasteiger partial charge is 0.287 e. The molecule has 1 aromatic rings. The molecule has 0 spiro atoms. The van der Waals surface area contributed by atoms with Crippen molar-refractivity contribution in [2.75, 3.05) is 0 Å². The van der Waals surface area contributed by atoms with E-state index in [9.17, 15) is 0 Å². The molecule has 0 aliphatic heterocycles. The van der Waals surface area contributed by atoms with E-state index in [1.54, 1.807) is 0 Å². The highest BCUT2D eigenvalue weighted by atomic mass is 79.9.